The smallest absolute Gasteiger partial charge is 0.262 e. The molecule has 1 aromatic heterocycles. The molecule has 1 aromatic carbocycles. The van der Waals surface area contributed by atoms with Crippen molar-refractivity contribution in [3.63, 3.8) is 0 Å². The van der Waals surface area contributed by atoms with Crippen LogP contribution in [-0.2, 0) is 4.79 Å². The van der Waals surface area contributed by atoms with E-state index in [2.05, 4.69) is 15.6 Å². The Morgan fingerprint density at radius 3 is 2.69 bits per heavy atom. The molecule has 0 saturated heterocycles. The van der Waals surface area contributed by atoms with Gasteiger partial charge >= 0.3 is 0 Å². The molecule has 0 bridgehead atoms. The number of aromatic nitrogens is 1. The highest BCUT2D eigenvalue weighted by Gasteiger charge is 2.20. The van der Waals surface area contributed by atoms with Crippen molar-refractivity contribution in [2.24, 2.45) is 0 Å². The molecule has 0 aliphatic heterocycles. The van der Waals surface area contributed by atoms with Crippen molar-refractivity contribution in [3.8, 4) is 5.75 Å². The van der Waals surface area contributed by atoms with Crippen molar-refractivity contribution in [3.05, 3.63) is 53.3 Å². The van der Waals surface area contributed by atoms with Crippen molar-refractivity contribution in [2.45, 2.75) is 31.7 Å². The van der Waals surface area contributed by atoms with Crippen LogP contribution in [0.5, 0.6) is 5.75 Å². The summed E-state index contributed by atoms with van der Waals surface area (Å²) in [6.45, 7) is -0.232. The minimum atomic E-state index is -0.383. The first-order valence-electron chi connectivity index (χ1n) is 8.56. The largest absolute Gasteiger partial charge is 0.481 e. The fraction of sp³-hybridized carbons (Fsp3) is 0.316. The van der Waals surface area contributed by atoms with Gasteiger partial charge in [0.05, 0.1) is 11.3 Å². The first-order valence-corrected chi connectivity index (χ1v) is 8.94. The second-order valence-electron chi connectivity index (χ2n) is 6.13. The topological polar surface area (TPSA) is 80.3 Å². The lowest BCUT2D eigenvalue weighted by Gasteiger charge is -2.15. The summed E-state index contributed by atoms with van der Waals surface area (Å²) in [5.74, 6) is -0.230. The van der Waals surface area contributed by atoms with Crippen molar-refractivity contribution in [2.75, 3.05) is 11.9 Å². The Bertz CT molecular complexity index is 791. The number of nitrogens with zero attached hydrogens (tertiary/aromatic N) is 1. The first-order chi connectivity index (χ1) is 12.6. The van der Waals surface area contributed by atoms with E-state index in [1.54, 1.807) is 36.4 Å². The molecular formula is C19H20ClN3O3. The van der Waals surface area contributed by atoms with Gasteiger partial charge in [-0.3, -0.25) is 9.59 Å². The molecule has 1 aliphatic carbocycles. The van der Waals surface area contributed by atoms with Gasteiger partial charge in [0.15, 0.2) is 17.5 Å². The summed E-state index contributed by atoms with van der Waals surface area (Å²) in [4.78, 5) is 28.6. The number of anilines is 1. The molecule has 1 aliphatic rings. The number of hydrogen-bond acceptors (Lipinski definition) is 4. The molecule has 2 amide bonds. The van der Waals surface area contributed by atoms with E-state index in [1.807, 2.05) is 0 Å². The summed E-state index contributed by atoms with van der Waals surface area (Å²) in [6.07, 6.45) is 5.81. The maximum Gasteiger partial charge on any atom is 0.262 e. The first kappa shape index (κ1) is 18.2. The molecule has 2 N–H and O–H groups in total. The number of amides is 2. The molecule has 3 rings (SSSR count). The van der Waals surface area contributed by atoms with E-state index in [1.165, 1.54) is 6.20 Å². The molecule has 0 radical (unpaired) electrons. The zero-order chi connectivity index (χ0) is 18.4. The molecular weight excluding hydrogens is 354 g/mol. The minimum Gasteiger partial charge on any atom is -0.481 e. The summed E-state index contributed by atoms with van der Waals surface area (Å²) in [7, 11) is 0. The van der Waals surface area contributed by atoms with Gasteiger partial charge in [-0.2, -0.15) is 0 Å². The Morgan fingerprint density at radius 1 is 1.15 bits per heavy atom. The van der Waals surface area contributed by atoms with Crippen molar-refractivity contribution in [1.29, 1.82) is 0 Å². The Kier molecular flexibility index (Phi) is 6.07. The predicted molar refractivity (Wildman–Crippen MR) is 99.5 cm³/mol. The van der Waals surface area contributed by atoms with Gasteiger partial charge in [-0.15, -0.1) is 0 Å². The monoisotopic (exact) mass is 373 g/mol. The van der Waals surface area contributed by atoms with Gasteiger partial charge in [0, 0.05) is 12.2 Å². The molecule has 0 spiro atoms. The lowest BCUT2D eigenvalue weighted by atomic mass is 10.1. The maximum absolute atomic E-state index is 12.5. The molecule has 2 aromatic rings. The van der Waals surface area contributed by atoms with Gasteiger partial charge in [-0.05, 0) is 37.1 Å². The van der Waals surface area contributed by atoms with Crippen LogP contribution in [0.15, 0.2) is 42.6 Å². The van der Waals surface area contributed by atoms with E-state index in [0.717, 1.165) is 25.7 Å². The molecule has 1 fully saturated rings. The zero-order valence-corrected chi connectivity index (χ0v) is 15.0. The quantitative estimate of drug-likeness (QED) is 0.760. The molecule has 26 heavy (non-hydrogen) atoms. The molecule has 6 nitrogen and oxygen atoms in total. The van der Waals surface area contributed by atoms with Crippen LogP contribution in [0.4, 0.5) is 5.69 Å². The van der Waals surface area contributed by atoms with Gasteiger partial charge in [0.1, 0.15) is 0 Å². The van der Waals surface area contributed by atoms with Crippen LogP contribution in [-0.4, -0.2) is 29.4 Å². The van der Waals surface area contributed by atoms with E-state index >= 15 is 0 Å². The zero-order valence-electron chi connectivity index (χ0n) is 14.2. The molecule has 0 atom stereocenters. The number of benzene rings is 1. The average molecular weight is 374 g/mol. The van der Waals surface area contributed by atoms with Crippen LogP contribution < -0.4 is 15.4 Å². The standard InChI is InChI=1S/C19H20ClN3O3/c20-18-16(10-5-11-21-18)26-12-17(24)23-15-9-4-3-8-14(15)19(25)22-13-6-1-2-7-13/h3-5,8-11,13H,1-2,6-7,12H2,(H,22,25)(H,23,24). The predicted octanol–water partition coefficient (Wildman–Crippen LogP) is 3.42. The number of carbonyl (C=O) groups is 2. The fourth-order valence-electron chi connectivity index (χ4n) is 2.93. The summed E-state index contributed by atoms with van der Waals surface area (Å²) < 4.78 is 5.37. The lowest BCUT2D eigenvalue weighted by molar-refractivity contribution is -0.118. The molecule has 0 unspecified atom stereocenters. The summed E-state index contributed by atoms with van der Waals surface area (Å²) in [5, 5.41) is 5.94. The number of pyridine rings is 1. The highest BCUT2D eigenvalue weighted by atomic mass is 35.5. The van der Waals surface area contributed by atoms with Gasteiger partial charge in [-0.1, -0.05) is 36.6 Å². The SMILES string of the molecule is O=C(COc1cccnc1Cl)Nc1ccccc1C(=O)NC1CCCC1. The number of rotatable bonds is 6. The van der Waals surface area contributed by atoms with Crippen molar-refractivity contribution < 1.29 is 14.3 Å². The van der Waals surface area contributed by atoms with Crippen LogP contribution in [0.2, 0.25) is 5.15 Å². The Labute approximate surface area is 156 Å². The number of carbonyl (C=O) groups excluding carboxylic acids is 2. The van der Waals surface area contributed by atoms with E-state index in [-0.39, 0.29) is 29.6 Å². The fourth-order valence-corrected chi connectivity index (χ4v) is 3.11. The second kappa shape index (κ2) is 8.67. The van der Waals surface area contributed by atoms with Crippen LogP contribution in [0, 0.1) is 0 Å². The average Bonchev–Trinajstić information content (AvgIpc) is 3.14. The Morgan fingerprint density at radius 2 is 1.92 bits per heavy atom. The van der Waals surface area contributed by atoms with Crippen LogP contribution in [0.3, 0.4) is 0 Å². The third-order valence-corrected chi connectivity index (χ3v) is 4.50. The minimum absolute atomic E-state index is 0.177. The summed E-state index contributed by atoms with van der Waals surface area (Å²) in [6, 6.07) is 10.4. The third kappa shape index (κ3) is 4.73. The number of hydrogen-bond donors (Lipinski definition) is 2. The second-order valence-corrected chi connectivity index (χ2v) is 6.49. The third-order valence-electron chi connectivity index (χ3n) is 4.22. The Hall–Kier alpha value is -2.60. The Balaban J connectivity index is 1.61. The lowest BCUT2D eigenvalue weighted by Crippen LogP contribution is -2.33. The highest BCUT2D eigenvalue weighted by molar-refractivity contribution is 6.30. The maximum atomic E-state index is 12.5. The number of nitrogens with one attached hydrogen (secondary N) is 2. The van der Waals surface area contributed by atoms with Crippen LogP contribution >= 0.6 is 11.6 Å². The van der Waals surface area contributed by atoms with Gasteiger partial charge < -0.3 is 15.4 Å². The van der Waals surface area contributed by atoms with Crippen LogP contribution in [0.25, 0.3) is 0 Å². The molecule has 1 saturated carbocycles. The van der Waals surface area contributed by atoms with E-state index in [0.29, 0.717) is 17.0 Å². The normalized spacial score (nSPS) is 14.0. The number of para-hydroxylation sites is 1. The van der Waals surface area contributed by atoms with Gasteiger partial charge in [0.25, 0.3) is 11.8 Å². The molecule has 7 heteroatoms. The van der Waals surface area contributed by atoms with E-state index < -0.39 is 0 Å². The molecule has 1 heterocycles. The summed E-state index contributed by atoms with van der Waals surface area (Å²) >= 11 is 5.89. The van der Waals surface area contributed by atoms with Gasteiger partial charge in [0.2, 0.25) is 0 Å². The number of halogens is 1. The van der Waals surface area contributed by atoms with Crippen molar-refractivity contribution in [1.82, 2.24) is 10.3 Å². The molecule has 136 valence electrons. The summed E-state index contributed by atoms with van der Waals surface area (Å²) in [5.41, 5.74) is 0.890. The van der Waals surface area contributed by atoms with Crippen LogP contribution in [0.1, 0.15) is 36.0 Å². The van der Waals surface area contributed by atoms with Crippen molar-refractivity contribution >= 4 is 29.1 Å². The number of ether oxygens (including phenoxy) is 1. The highest BCUT2D eigenvalue weighted by Crippen LogP contribution is 2.22. The van der Waals surface area contributed by atoms with E-state index in [9.17, 15) is 9.59 Å². The van der Waals surface area contributed by atoms with E-state index in [4.69, 9.17) is 16.3 Å². The van der Waals surface area contributed by atoms with Gasteiger partial charge in [-0.25, -0.2) is 4.98 Å².